The lowest BCUT2D eigenvalue weighted by Crippen LogP contribution is -2.19. The van der Waals surface area contributed by atoms with Gasteiger partial charge in [0.15, 0.2) is 0 Å². The number of hydrogen-bond acceptors (Lipinski definition) is 2. The summed E-state index contributed by atoms with van der Waals surface area (Å²) in [4.78, 5) is 12.2. The molecule has 0 spiro atoms. The van der Waals surface area contributed by atoms with Gasteiger partial charge in [-0.25, -0.2) is 0 Å². The Morgan fingerprint density at radius 3 is 2.09 bits per heavy atom. The van der Waals surface area contributed by atoms with E-state index >= 15 is 0 Å². The van der Waals surface area contributed by atoms with Crippen molar-refractivity contribution in [1.29, 1.82) is 0 Å². The summed E-state index contributed by atoms with van der Waals surface area (Å²) < 4.78 is 5.35. The SMILES string of the molecule is O=C1OCCCCC1CC(c1ccccc1)c1ccccc1. The van der Waals surface area contributed by atoms with Gasteiger partial charge < -0.3 is 4.74 Å². The first kappa shape index (κ1) is 14.8. The quantitative estimate of drug-likeness (QED) is 0.773. The highest BCUT2D eigenvalue weighted by atomic mass is 16.5. The highest BCUT2D eigenvalue weighted by Gasteiger charge is 2.27. The Bertz CT molecular complexity index is 552. The minimum Gasteiger partial charge on any atom is -0.465 e. The second-order valence-electron chi connectivity index (χ2n) is 5.97. The van der Waals surface area contributed by atoms with Crippen LogP contribution >= 0.6 is 0 Å². The molecule has 2 aromatic carbocycles. The van der Waals surface area contributed by atoms with Crippen LogP contribution in [-0.2, 0) is 9.53 Å². The van der Waals surface area contributed by atoms with Crippen LogP contribution < -0.4 is 0 Å². The highest BCUT2D eigenvalue weighted by Crippen LogP contribution is 2.34. The standard InChI is InChI=1S/C20H22O2/c21-20-18(13-7-8-14-22-20)15-19(16-9-3-1-4-10-16)17-11-5-2-6-12-17/h1-6,9-12,18-19H,7-8,13-15H2. The summed E-state index contributed by atoms with van der Waals surface area (Å²) in [5.41, 5.74) is 2.54. The van der Waals surface area contributed by atoms with Gasteiger partial charge in [0.1, 0.15) is 0 Å². The Hall–Kier alpha value is -2.09. The topological polar surface area (TPSA) is 26.3 Å². The van der Waals surface area contributed by atoms with Crippen molar-refractivity contribution in [3.8, 4) is 0 Å². The predicted octanol–water partition coefficient (Wildman–Crippen LogP) is 4.55. The van der Waals surface area contributed by atoms with Crippen LogP contribution in [0, 0.1) is 5.92 Å². The number of carbonyl (C=O) groups excluding carboxylic acids is 1. The van der Waals surface area contributed by atoms with E-state index in [1.807, 2.05) is 12.1 Å². The molecule has 0 aromatic heterocycles. The summed E-state index contributed by atoms with van der Waals surface area (Å²) in [6, 6.07) is 20.9. The number of carbonyl (C=O) groups is 1. The van der Waals surface area contributed by atoms with Crippen LogP contribution in [0.25, 0.3) is 0 Å². The van der Waals surface area contributed by atoms with Crippen molar-refractivity contribution in [1.82, 2.24) is 0 Å². The maximum Gasteiger partial charge on any atom is 0.308 e. The summed E-state index contributed by atoms with van der Waals surface area (Å²) >= 11 is 0. The Morgan fingerprint density at radius 1 is 0.909 bits per heavy atom. The van der Waals surface area contributed by atoms with Gasteiger partial charge in [-0.3, -0.25) is 4.79 Å². The minimum atomic E-state index is -0.0191. The van der Waals surface area contributed by atoms with Crippen molar-refractivity contribution < 1.29 is 9.53 Å². The van der Waals surface area contributed by atoms with Gasteiger partial charge in [0.25, 0.3) is 0 Å². The van der Waals surface area contributed by atoms with Crippen LogP contribution in [0.5, 0.6) is 0 Å². The summed E-state index contributed by atoms with van der Waals surface area (Å²) in [6.45, 7) is 0.580. The van der Waals surface area contributed by atoms with E-state index in [-0.39, 0.29) is 17.8 Å². The first-order valence-electron chi connectivity index (χ1n) is 8.11. The fourth-order valence-corrected chi connectivity index (χ4v) is 3.24. The van der Waals surface area contributed by atoms with Crippen LogP contribution in [-0.4, -0.2) is 12.6 Å². The number of ether oxygens (including phenoxy) is 1. The zero-order valence-electron chi connectivity index (χ0n) is 12.8. The van der Waals surface area contributed by atoms with E-state index in [9.17, 15) is 4.79 Å². The molecule has 1 atom stereocenters. The molecule has 0 N–H and O–H groups in total. The number of hydrogen-bond donors (Lipinski definition) is 0. The van der Waals surface area contributed by atoms with E-state index in [2.05, 4.69) is 48.5 Å². The van der Waals surface area contributed by atoms with Crippen molar-refractivity contribution in [3.63, 3.8) is 0 Å². The van der Waals surface area contributed by atoms with Gasteiger partial charge in [-0.05, 0) is 36.8 Å². The van der Waals surface area contributed by atoms with E-state index in [0.29, 0.717) is 6.61 Å². The Morgan fingerprint density at radius 2 is 1.50 bits per heavy atom. The summed E-state index contributed by atoms with van der Waals surface area (Å²) in [6.07, 6.45) is 3.83. The van der Waals surface area contributed by atoms with Gasteiger partial charge in [-0.2, -0.15) is 0 Å². The molecule has 0 radical (unpaired) electrons. The van der Waals surface area contributed by atoms with Crippen molar-refractivity contribution in [3.05, 3.63) is 71.8 Å². The number of cyclic esters (lactones) is 1. The lowest BCUT2D eigenvalue weighted by Gasteiger charge is -2.22. The predicted molar refractivity (Wildman–Crippen MR) is 87.6 cm³/mol. The van der Waals surface area contributed by atoms with Crippen molar-refractivity contribution in [2.24, 2.45) is 5.92 Å². The number of rotatable bonds is 4. The summed E-state index contributed by atoms with van der Waals surface area (Å²) in [5.74, 6) is 0.236. The zero-order chi connectivity index (χ0) is 15.2. The Labute approximate surface area is 132 Å². The van der Waals surface area contributed by atoms with Gasteiger partial charge in [0.2, 0.25) is 0 Å². The van der Waals surface area contributed by atoms with Crippen LogP contribution in [0.3, 0.4) is 0 Å². The average Bonchev–Trinajstić information content (AvgIpc) is 2.78. The smallest absolute Gasteiger partial charge is 0.308 e. The van der Waals surface area contributed by atoms with Gasteiger partial charge in [-0.15, -0.1) is 0 Å². The normalized spacial score (nSPS) is 18.8. The Kier molecular flexibility index (Phi) is 4.89. The second-order valence-corrected chi connectivity index (χ2v) is 5.97. The molecule has 0 amide bonds. The molecule has 0 saturated carbocycles. The maximum atomic E-state index is 12.2. The second kappa shape index (κ2) is 7.26. The molecular formula is C20H22O2. The third-order valence-electron chi connectivity index (χ3n) is 4.45. The molecule has 2 nitrogen and oxygen atoms in total. The fourth-order valence-electron chi connectivity index (χ4n) is 3.24. The van der Waals surface area contributed by atoms with Crippen molar-refractivity contribution in [2.75, 3.05) is 6.61 Å². The Balaban J connectivity index is 1.87. The first-order chi connectivity index (χ1) is 10.8. The molecule has 1 unspecified atom stereocenters. The van der Waals surface area contributed by atoms with E-state index in [1.165, 1.54) is 11.1 Å². The van der Waals surface area contributed by atoms with Gasteiger partial charge in [-0.1, -0.05) is 60.7 Å². The summed E-state index contributed by atoms with van der Waals surface area (Å²) in [7, 11) is 0. The van der Waals surface area contributed by atoms with Crippen molar-refractivity contribution in [2.45, 2.75) is 31.6 Å². The van der Waals surface area contributed by atoms with E-state index < -0.39 is 0 Å². The molecule has 1 aliphatic rings. The molecule has 2 heteroatoms. The van der Waals surface area contributed by atoms with E-state index in [0.717, 1.165) is 25.7 Å². The molecule has 0 bridgehead atoms. The van der Waals surface area contributed by atoms with Crippen LogP contribution in [0.15, 0.2) is 60.7 Å². The van der Waals surface area contributed by atoms with E-state index in [4.69, 9.17) is 4.74 Å². The molecule has 0 aliphatic carbocycles. The first-order valence-corrected chi connectivity index (χ1v) is 8.11. The van der Waals surface area contributed by atoms with Crippen LogP contribution in [0.1, 0.15) is 42.7 Å². The largest absolute Gasteiger partial charge is 0.465 e. The number of esters is 1. The molecule has 1 fully saturated rings. The lowest BCUT2D eigenvalue weighted by atomic mass is 9.82. The van der Waals surface area contributed by atoms with Gasteiger partial charge >= 0.3 is 5.97 Å². The highest BCUT2D eigenvalue weighted by molar-refractivity contribution is 5.72. The zero-order valence-corrected chi connectivity index (χ0v) is 12.8. The molecule has 22 heavy (non-hydrogen) atoms. The molecule has 1 aliphatic heterocycles. The van der Waals surface area contributed by atoms with Gasteiger partial charge in [0, 0.05) is 5.92 Å². The van der Waals surface area contributed by atoms with Crippen LogP contribution in [0.2, 0.25) is 0 Å². The monoisotopic (exact) mass is 294 g/mol. The fraction of sp³-hybridized carbons (Fsp3) is 0.350. The summed E-state index contributed by atoms with van der Waals surface area (Å²) in [5, 5.41) is 0. The molecule has 3 rings (SSSR count). The maximum absolute atomic E-state index is 12.2. The lowest BCUT2D eigenvalue weighted by molar-refractivity contribution is -0.147. The van der Waals surface area contributed by atoms with E-state index in [1.54, 1.807) is 0 Å². The van der Waals surface area contributed by atoms with Gasteiger partial charge in [0.05, 0.1) is 12.5 Å². The minimum absolute atomic E-state index is 0.00733. The average molecular weight is 294 g/mol. The molecule has 1 saturated heterocycles. The molecule has 114 valence electrons. The molecule has 1 heterocycles. The third-order valence-corrected chi connectivity index (χ3v) is 4.45. The van der Waals surface area contributed by atoms with Crippen molar-refractivity contribution >= 4 is 5.97 Å². The number of benzene rings is 2. The molecular weight excluding hydrogens is 272 g/mol. The third kappa shape index (κ3) is 3.56. The van der Waals surface area contributed by atoms with Crippen LogP contribution in [0.4, 0.5) is 0 Å². The molecule has 2 aromatic rings.